The Morgan fingerprint density at radius 1 is 0.913 bits per heavy atom. The van der Waals surface area contributed by atoms with E-state index in [-0.39, 0.29) is 0 Å². The Hall–Kier alpha value is -0.120. The molecule has 23 heavy (non-hydrogen) atoms. The Morgan fingerprint density at radius 3 is 2.04 bits per heavy atom. The zero-order valence-corrected chi connectivity index (χ0v) is 15.7. The molecule has 4 fully saturated rings. The molecule has 132 valence electrons. The van der Waals surface area contributed by atoms with Gasteiger partial charge in [0.1, 0.15) is 0 Å². The molecular formula is C20H37N3. The number of piperidine rings is 2. The molecule has 0 atom stereocenters. The molecule has 0 bridgehead atoms. The van der Waals surface area contributed by atoms with Crippen molar-refractivity contribution in [2.45, 2.75) is 71.4 Å². The normalized spacial score (nSPS) is 32.3. The quantitative estimate of drug-likeness (QED) is 0.788. The van der Waals surface area contributed by atoms with Gasteiger partial charge in [-0.1, -0.05) is 6.92 Å². The molecule has 1 spiro atoms. The molecule has 0 radical (unpaired) electrons. The van der Waals surface area contributed by atoms with Crippen LogP contribution in [0.5, 0.6) is 0 Å². The minimum Gasteiger partial charge on any atom is -0.303 e. The maximum Gasteiger partial charge on any atom is 0.0120 e. The van der Waals surface area contributed by atoms with E-state index in [1.54, 1.807) is 0 Å². The van der Waals surface area contributed by atoms with Gasteiger partial charge in [0, 0.05) is 31.7 Å². The Morgan fingerprint density at radius 2 is 1.52 bits per heavy atom. The van der Waals surface area contributed by atoms with Crippen LogP contribution in [-0.2, 0) is 0 Å². The van der Waals surface area contributed by atoms with Crippen LogP contribution in [0.3, 0.4) is 0 Å². The first kappa shape index (κ1) is 16.4. The first-order valence-corrected chi connectivity index (χ1v) is 10.2. The number of hydrogen-bond donors (Lipinski definition) is 0. The van der Waals surface area contributed by atoms with E-state index >= 15 is 0 Å². The van der Waals surface area contributed by atoms with Crippen LogP contribution >= 0.6 is 0 Å². The number of nitrogens with zero attached hydrogens (tertiary/aromatic N) is 3. The standard InChI is InChI=1S/C20H37N3/c1-17(2)22-12-8-20(9-13-22)15-23(16-20)18-4-10-21(11-5-18)14-19(3)6-7-19/h17-18H,4-16H2,1-3H3. The molecule has 0 amide bonds. The van der Waals surface area contributed by atoms with Crippen molar-refractivity contribution >= 4 is 0 Å². The third-order valence-corrected chi connectivity index (χ3v) is 7.45. The molecule has 0 aromatic heterocycles. The molecule has 3 nitrogen and oxygen atoms in total. The molecule has 0 unspecified atom stereocenters. The lowest BCUT2D eigenvalue weighted by Crippen LogP contribution is -2.64. The molecule has 4 aliphatic rings. The van der Waals surface area contributed by atoms with Crippen molar-refractivity contribution in [3.63, 3.8) is 0 Å². The highest BCUT2D eigenvalue weighted by molar-refractivity contribution is 5.01. The maximum atomic E-state index is 2.83. The van der Waals surface area contributed by atoms with Crippen molar-refractivity contribution < 1.29 is 0 Å². The summed E-state index contributed by atoms with van der Waals surface area (Å²) in [5.74, 6) is 0. The maximum absolute atomic E-state index is 2.83. The van der Waals surface area contributed by atoms with E-state index in [9.17, 15) is 0 Å². The van der Waals surface area contributed by atoms with Gasteiger partial charge < -0.3 is 9.80 Å². The van der Waals surface area contributed by atoms with Gasteiger partial charge in [0.2, 0.25) is 0 Å². The molecule has 4 rings (SSSR count). The van der Waals surface area contributed by atoms with Gasteiger partial charge in [0.25, 0.3) is 0 Å². The minimum absolute atomic E-state index is 0.692. The Bertz CT molecular complexity index is 405. The highest BCUT2D eigenvalue weighted by Crippen LogP contribution is 2.46. The van der Waals surface area contributed by atoms with Crippen LogP contribution in [-0.4, -0.2) is 72.6 Å². The summed E-state index contributed by atoms with van der Waals surface area (Å²) in [6, 6.07) is 1.63. The average Bonchev–Trinajstić information content (AvgIpc) is 3.23. The summed E-state index contributed by atoms with van der Waals surface area (Å²) in [5, 5.41) is 0. The van der Waals surface area contributed by atoms with E-state index in [1.165, 1.54) is 84.3 Å². The van der Waals surface area contributed by atoms with E-state index < -0.39 is 0 Å². The second-order valence-corrected chi connectivity index (χ2v) is 9.85. The highest BCUT2D eigenvalue weighted by Gasteiger charge is 2.47. The van der Waals surface area contributed by atoms with Crippen molar-refractivity contribution in [2.75, 3.05) is 45.8 Å². The monoisotopic (exact) mass is 319 g/mol. The van der Waals surface area contributed by atoms with Gasteiger partial charge in [-0.2, -0.15) is 0 Å². The summed E-state index contributed by atoms with van der Waals surface area (Å²) in [5.41, 5.74) is 1.39. The minimum atomic E-state index is 0.692. The molecule has 3 saturated heterocycles. The van der Waals surface area contributed by atoms with Gasteiger partial charge >= 0.3 is 0 Å². The molecule has 0 aromatic carbocycles. The van der Waals surface area contributed by atoms with Crippen molar-refractivity contribution in [2.24, 2.45) is 10.8 Å². The van der Waals surface area contributed by atoms with Crippen LogP contribution < -0.4 is 0 Å². The fourth-order valence-electron chi connectivity index (χ4n) is 5.26. The first-order valence-electron chi connectivity index (χ1n) is 10.2. The van der Waals surface area contributed by atoms with Gasteiger partial charge in [-0.15, -0.1) is 0 Å². The fourth-order valence-corrected chi connectivity index (χ4v) is 5.26. The van der Waals surface area contributed by atoms with Crippen LogP contribution in [0, 0.1) is 10.8 Å². The van der Waals surface area contributed by atoms with E-state index in [0.29, 0.717) is 10.8 Å². The molecule has 0 N–H and O–H groups in total. The van der Waals surface area contributed by atoms with Crippen LogP contribution in [0.2, 0.25) is 0 Å². The predicted molar refractivity (Wildman–Crippen MR) is 96.8 cm³/mol. The van der Waals surface area contributed by atoms with Gasteiger partial charge in [0.15, 0.2) is 0 Å². The predicted octanol–water partition coefficient (Wildman–Crippen LogP) is 3.06. The van der Waals surface area contributed by atoms with Crippen molar-refractivity contribution in [3.05, 3.63) is 0 Å². The lowest BCUT2D eigenvalue weighted by Gasteiger charge is -2.58. The van der Waals surface area contributed by atoms with Crippen molar-refractivity contribution in [1.82, 2.24) is 14.7 Å². The Balaban J connectivity index is 1.19. The molecule has 3 heterocycles. The summed E-state index contributed by atoms with van der Waals surface area (Å²) >= 11 is 0. The third kappa shape index (κ3) is 3.48. The lowest BCUT2D eigenvalue weighted by atomic mass is 9.70. The highest BCUT2D eigenvalue weighted by atomic mass is 15.3. The summed E-state index contributed by atoms with van der Waals surface area (Å²) < 4.78 is 0. The second kappa shape index (κ2) is 6.00. The van der Waals surface area contributed by atoms with E-state index in [1.807, 2.05) is 0 Å². The zero-order valence-electron chi connectivity index (χ0n) is 15.7. The first-order chi connectivity index (χ1) is 11.0. The van der Waals surface area contributed by atoms with Gasteiger partial charge in [0.05, 0.1) is 0 Å². The Kier molecular flexibility index (Phi) is 4.26. The molecule has 0 aromatic rings. The molecule has 3 heteroatoms. The molecule has 3 aliphatic heterocycles. The lowest BCUT2D eigenvalue weighted by molar-refractivity contribution is -0.0837. The molecular weight excluding hydrogens is 282 g/mol. The van der Waals surface area contributed by atoms with Crippen molar-refractivity contribution in [1.29, 1.82) is 0 Å². The van der Waals surface area contributed by atoms with Crippen molar-refractivity contribution in [3.8, 4) is 0 Å². The Labute approximate surface area is 143 Å². The van der Waals surface area contributed by atoms with E-state index in [0.717, 1.165) is 12.1 Å². The topological polar surface area (TPSA) is 9.72 Å². The number of likely N-dealkylation sites (tertiary alicyclic amines) is 3. The van der Waals surface area contributed by atoms with E-state index in [4.69, 9.17) is 0 Å². The fraction of sp³-hybridized carbons (Fsp3) is 1.00. The van der Waals surface area contributed by atoms with Crippen LogP contribution in [0.4, 0.5) is 0 Å². The third-order valence-electron chi connectivity index (χ3n) is 7.45. The van der Waals surface area contributed by atoms with Crippen LogP contribution in [0.15, 0.2) is 0 Å². The molecule has 1 aliphatic carbocycles. The number of hydrogen-bond acceptors (Lipinski definition) is 3. The number of rotatable bonds is 4. The van der Waals surface area contributed by atoms with Crippen LogP contribution in [0.25, 0.3) is 0 Å². The second-order valence-electron chi connectivity index (χ2n) is 9.85. The SMILES string of the molecule is CC(C)N1CCC2(CC1)CN(C1CCN(CC3(C)CC3)CC1)C2. The van der Waals surface area contributed by atoms with E-state index in [2.05, 4.69) is 35.5 Å². The van der Waals surface area contributed by atoms with Gasteiger partial charge in [-0.25, -0.2) is 0 Å². The van der Waals surface area contributed by atoms with Gasteiger partial charge in [-0.3, -0.25) is 4.90 Å². The van der Waals surface area contributed by atoms with Crippen LogP contribution in [0.1, 0.15) is 59.3 Å². The summed E-state index contributed by atoms with van der Waals surface area (Å²) in [6.07, 6.45) is 8.66. The largest absolute Gasteiger partial charge is 0.303 e. The summed E-state index contributed by atoms with van der Waals surface area (Å²) in [4.78, 5) is 8.26. The summed E-state index contributed by atoms with van der Waals surface area (Å²) in [7, 11) is 0. The average molecular weight is 320 g/mol. The zero-order chi connectivity index (χ0) is 16.1. The molecule has 1 saturated carbocycles. The van der Waals surface area contributed by atoms with Gasteiger partial charge in [-0.05, 0) is 89.4 Å². The summed E-state index contributed by atoms with van der Waals surface area (Å²) in [6.45, 7) is 16.7. The smallest absolute Gasteiger partial charge is 0.0120 e.